The maximum Gasteiger partial charge on any atom is 0.180 e. The molecule has 1 fully saturated rings. The van der Waals surface area contributed by atoms with Gasteiger partial charge in [0.15, 0.2) is 6.29 Å². The zero-order chi connectivity index (χ0) is 8.97. The molecular weight excluding hydrogens is 158 g/mol. The van der Waals surface area contributed by atoms with Crippen molar-refractivity contribution in [2.45, 2.75) is 12.3 Å². The average molecular weight is 173 g/mol. The number of methoxy groups -OCH3 is 1. The second-order valence-electron chi connectivity index (χ2n) is 2.55. The van der Waals surface area contributed by atoms with E-state index in [4.69, 9.17) is 14.2 Å². The lowest BCUT2D eigenvalue weighted by Crippen LogP contribution is -2.40. The minimum absolute atomic E-state index is 0.0856. The number of hydrogen-bond acceptors (Lipinski definition) is 4. The summed E-state index contributed by atoms with van der Waals surface area (Å²) < 4.78 is 15.6. The van der Waals surface area contributed by atoms with Crippen molar-refractivity contribution >= 4 is 0 Å². The molecule has 0 aromatic rings. The number of hydrogen-bond donors (Lipinski definition) is 1. The summed E-state index contributed by atoms with van der Waals surface area (Å²) in [5, 5.41) is 3.02. The van der Waals surface area contributed by atoms with Gasteiger partial charge in [-0.2, -0.15) is 0 Å². The van der Waals surface area contributed by atoms with Crippen molar-refractivity contribution in [3.8, 4) is 0 Å². The van der Waals surface area contributed by atoms with E-state index in [1.807, 2.05) is 7.05 Å². The summed E-state index contributed by atoms with van der Waals surface area (Å²) in [5.74, 6) is 0.629. The Morgan fingerprint density at radius 1 is 1.58 bits per heavy atom. The van der Waals surface area contributed by atoms with Gasteiger partial charge in [0.05, 0.1) is 20.3 Å². The summed E-state index contributed by atoms with van der Waals surface area (Å²) in [5.41, 5.74) is 0. The van der Waals surface area contributed by atoms with E-state index in [2.05, 4.69) is 11.9 Å². The molecule has 0 spiro atoms. The summed E-state index contributed by atoms with van der Waals surface area (Å²) in [6, 6.07) is -0.0856. The van der Waals surface area contributed by atoms with E-state index in [0.717, 1.165) is 0 Å². The molecule has 1 atom stereocenters. The second-order valence-corrected chi connectivity index (χ2v) is 2.55. The Kier molecular flexibility index (Phi) is 3.52. The molecule has 0 bridgehead atoms. The minimum Gasteiger partial charge on any atom is -0.500 e. The molecule has 1 heterocycles. The van der Waals surface area contributed by atoms with Gasteiger partial charge in [0, 0.05) is 0 Å². The van der Waals surface area contributed by atoms with Crippen molar-refractivity contribution in [3.63, 3.8) is 0 Å². The van der Waals surface area contributed by atoms with E-state index in [1.54, 1.807) is 7.11 Å². The fraction of sp³-hybridized carbons (Fsp3) is 0.750. The van der Waals surface area contributed by atoms with Crippen LogP contribution in [0.25, 0.3) is 0 Å². The van der Waals surface area contributed by atoms with Crippen LogP contribution in [0, 0.1) is 0 Å². The smallest absolute Gasteiger partial charge is 0.180 e. The maximum absolute atomic E-state index is 5.30. The maximum atomic E-state index is 5.30. The lowest BCUT2D eigenvalue weighted by atomic mass is 10.2. The lowest BCUT2D eigenvalue weighted by Gasteiger charge is -2.22. The molecule has 0 aromatic carbocycles. The first-order chi connectivity index (χ1) is 5.79. The zero-order valence-electron chi connectivity index (χ0n) is 7.50. The van der Waals surface area contributed by atoms with Crippen molar-refractivity contribution in [2.75, 3.05) is 27.4 Å². The fourth-order valence-corrected chi connectivity index (χ4v) is 1.14. The minimum atomic E-state index is -0.262. The van der Waals surface area contributed by atoms with E-state index in [-0.39, 0.29) is 12.3 Å². The molecule has 12 heavy (non-hydrogen) atoms. The summed E-state index contributed by atoms with van der Waals surface area (Å²) in [7, 11) is 3.40. The van der Waals surface area contributed by atoms with Crippen molar-refractivity contribution in [2.24, 2.45) is 0 Å². The zero-order valence-corrected chi connectivity index (χ0v) is 7.50. The topological polar surface area (TPSA) is 39.7 Å². The number of likely N-dealkylation sites (N-methyl/N-ethyl adjacent to an activating group) is 1. The third kappa shape index (κ3) is 1.97. The van der Waals surface area contributed by atoms with Gasteiger partial charge in [-0.25, -0.2) is 0 Å². The van der Waals surface area contributed by atoms with E-state index in [9.17, 15) is 0 Å². The highest BCUT2D eigenvalue weighted by Crippen LogP contribution is 2.13. The molecule has 1 aliphatic rings. The summed E-state index contributed by atoms with van der Waals surface area (Å²) >= 11 is 0. The molecule has 4 nitrogen and oxygen atoms in total. The van der Waals surface area contributed by atoms with Gasteiger partial charge in [-0.1, -0.05) is 6.58 Å². The van der Waals surface area contributed by atoms with Gasteiger partial charge in [-0.05, 0) is 7.05 Å². The van der Waals surface area contributed by atoms with E-state index in [0.29, 0.717) is 19.0 Å². The molecule has 0 saturated carbocycles. The van der Waals surface area contributed by atoms with Crippen LogP contribution in [0.2, 0.25) is 0 Å². The van der Waals surface area contributed by atoms with Crippen LogP contribution in [0.3, 0.4) is 0 Å². The Balaban J connectivity index is 2.48. The van der Waals surface area contributed by atoms with Crippen molar-refractivity contribution < 1.29 is 14.2 Å². The van der Waals surface area contributed by atoms with E-state index in [1.165, 1.54) is 0 Å². The van der Waals surface area contributed by atoms with Crippen LogP contribution in [0.15, 0.2) is 12.3 Å². The predicted octanol–water partition coefficient (Wildman–Crippen LogP) is 0.107. The second kappa shape index (κ2) is 4.45. The molecular formula is C8H15NO3. The average Bonchev–Trinajstić information content (AvgIpc) is 2.58. The Labute approximate surface area is 72.5 Å². The van der Waals surface area contributed by atoms with Gasteiger partial charge in [-0.15, -0.1) is 0 Å². The molecule has 70 valence electrons. The van der Waals surface area contributed by atoms with E-state index < -0.39 is 0 Å². The number of rotatable bonds is 4. The number of nitrogens with one attached hydrogen (secondary N) is 1. The van der Waals surface area contributed by atoms with Gasteiger partial charge in [0.25, 0.3) is 0 Å². The molecule has 1 aliphatic heterocycles. The van der Waals surface area contributed by atoms with Crippen LogP contribution in [-0.2, 0) is 14.2 Å². The number of ether oxygens (including phenoxy) is 3. The van der Waals surface area contributed by atoms with Crippen LogP contribution < -0.4 is 5.32 Å². The van der Waals surface area contributed by atoms with Crippen LogP contribution in [0.1, 0.15) is 0 Å². The first kappa shape index (κ1) is 9.51. The first-order valence-corrected chi connectivity index (χ1v) is 3.93. The van der Waals surface area contributed by atoms with E-state index >= 15 is 0 Å². The fourth-order valence-electron chi connectivity index (χ4n) is 1.14. The molecule has 1 rings (SSSR count). The third-order valence-electron chi connectivity index (χ3n) is 1.84. The highest BCUT2D eigenvalue weighted by molar-refractivity contribution is 4.98. The third-order valence-corrected chi connectivity index (χ3v) is 1.84. The molecule has 1 N–H and O–H groups in total. The van der Waals surface area contributed by atoms with Crippen LogP contribution in [0.4, 0.5) is 0 Å². The molecule has 1 unspecified atom stereocenters. The normalized spacial score (nSPS) is 20.8. The van der Waals surface area contributed by atoms with Crippen LogP contribution in [0.5, 0.6) is 0 Å². The highest BCUT2D eigenvalue weighted by atomic mass is 16.7. The van der Waals surface area contributed by atoms with Gasteiger partial charge >= 0.3 is 0 Å². The predicted molar refractivity (Wildman–Crippen MR) is 44.7 cm³/mol. The Morgan fingerprint density at radius 3 is 2.58 bits per heavy atom. The van der Waals surface area contributed by atoms with Crippen LogP contribution >= 0.6 is 0 Å². The Hall–Kier alpha value is -0.580. The quantitative estimate of drug-likeness (QED) is 0.612. The summed E-state index contributed by atoms with van der Waals surface area (Å²) in [6.45, 7) is 5.02. The van der Waals surface area contributed by atoms with Crippen molar-refractivity contribution in [1.29, 1.82) is 0 Å². The SMILES string of the molecule is C=C(OC)C(NC)C1OCCO1. The summed E-state index contributed by atoms with van der Waals surface area (Å²) in [6.07, 6.45) is -0.262. The first-order valence-electron chi connectivity index (χ1n) is 3.93. The van der Waals surface area contributed by atoms with Crippen molar-refractivity contribution in [3.05, 3.63) is 12.3 Å². The molecule has 0 radical (unpaired) electrons. The van der Waals surface area contributed by atoms with Gasteiger partial charge in [0.2, 0.25) is 0 Å². The van der Waals surface area contributed by atoms with Crippen LogP contribution in [-0.4, -0.2) is 39.7 Å². The monoisotopic (exact) mass is 173 g/mol. The lowest BCUT2D eigenvalue weighted by molar-refractivity contribution is -0.0662. The molecule has 1 saturated heterocycles. The largest absolute Gasteiger partial charge is 0.500 e. The van der Waals surface area contributed by atoms with Gasteiger partial charge < -0.3 is 19.5 Å². The molecule has 0 amide bonds. The van der Waals surface area contributed by atoms with Gasteiger partial charge in [-0.3, -0.25) is 0 Å². The highest BCUT2D eigenvalue weighted by Gasteiger charge is 2.28. The van der Waals surface area contributed by atoms with Crippen molar-refractivity contribution in [1.82, 2.24) is 5.32 Å². The van der Waals surface area contributed by atoms with Gasteiger partial charge in [0.1, 0.15) is 11.8 Å². The summed E-state index contributed by atoms with van der Waals surface area (Å²) in [4.78, 5) is 0. The standard InChI is InChI=1S/C8H15NO3/c1-6(10-3)7(9-2)8-11-4-5-12-8/h7-9H,1,4-5H2,2-3H3. The molecule has 4 heteroatoms. The molecule has 0 aliphatic carbocycles. The molecule has 0 aromatic heterocycles. The Bertz CT molecular complexity index is 154. The Morgan fingerprint density at radius 2 is 2.17 bits per heavy atom.